The summed E-state index contributed by atoms with van der Waals surface area (Å²) < 4.78 is 12.8. The van der Waals surface area contributed by atoms with Crippen LogP contribution in [0, 0.1) is 0 Å². The van der Waals surface area contributed by atoms with Crippen molar-refractivity contribution in [3.63, 3.8) is 0 Å². The maximum atomic E-state index is 6.09. The first-order chi connectivity index (χ1) is 8.68. The lowest BCUT2D eigenvalue weighted by Crippen LogP contribution is -2.16. The van der Waals surface area contributed by atoms with E-state index in [0.29, 0.717) is 35.6 Å². The van der Waals surface area contributed by atoms with Gasteiger partial charge in [-0.05, 0) is 12.1 Å². The van der Waals surface area contributed by atoms with Crippen LogP contribution in [0.25, 0.3) is 11.1 Å². The van der Waals surface area contributed by atoms with Gasteiger partial charge < -0.3 is 15.2 Å². The predicted octanol–water partition coefficient (Wildman–Crippen LogP) is 2.09. The van der Waals surface area contributed by atoms with Crippen LogP contribution >= 0.6 is 11.6 Å². The van der Waals surface area contributed by atoms with Crippen molar-refractivity contribution < 1.29 is 9.47 Å². The Labute approximate surface area is 109 Å². The molecule has 0 radical (unpaired) electrons. The molecule has 6 heteroatoms. The third-order valence-corrected chi connectivity index (χ3v) is 3.21. The second-order valence-corrected chi connectivity index (χ2v) is 4.42. The molecule has 0 atom stereocenters. The van der Waals surface area contributed by atoms with Gasteiger partial charge in [-0.2, -0.15) is 5.10 Å². The van der Waals surface area contributed by atoms with E-state index in [-0.39, 0.29) is 0 Å². The largest absolute Gasteiger partial charge is 0.485 e. The van der Waals surface area contributed by atoms with Crippen molar-refractivity contribution in [2.24, 2.45) is 7.05 Å². The number of anilines is 1. The van der Waals surface area contributed by atoms with Crippen LogP contribution in [-0.2, 0) is 7.05 Å². The number of fused-ring (bicyclic) bond motifs is 1. The van der Waals surface area contributed by atoms with Gasteiger partial charge in [-0.15, -0.1) is 0 Å². The van der Waals surface area contributed by atoms with Gasteiger partial charge in [-0.1, -0.05) is 11.6 Å². The van der Waals surface area contributed by atoms with Crippen molar-refractivity contribution in [2.45, 2.75) is 0 Å². The maximum absolute atomic E-state index is 6.09. The van der Waals surface area contributed by atoms with Crippen LogP contribution in [0.15, 0.2) is 18.3 Å². The van der Waals surface area contributed by atoms with E-state index < -0.39 is 0 Å². The van der Waals surface area contributed by atoms with E-state index in [2.05, 4.69) is 5.10 Å². The first-order valence-corrected chi connectivity index (χ1v) is 5.92. The second-order valence-electron chi connectivity index (χ2n) is 4.02. The Morgan fingerprint density at radius 2 is 1.94 bits per heavy atom. The third-order valence-electron chi connectivity index (χ3n) is 2.92. The Hall–Kier alpha value is -1.88. The fourth-order valence-corrected chi connectivity index (χ4v) is 2.17. The second kappa shape index (κ2) is 4.10. The van der Waals surface area contributed by atoms with Gasteiger partial charge in [0.1, 0.15) is 19.0 Å². The van der Waals surface area contributed by atoms with Crippen LogP contribution in [0.2, 0.25) is 5.02 Å². The van der Waals surface area contributed by atoms with Gasteiger partial charge in [-0.3, -0.25) is 4.68 Å². The van der Waals surface area contributed by atoms with E-state index in [1.54, 1.807) is 24.0 Å². The molecular weight excluding hydrogens is 254 g/mol. The Morgan fingerprint density at radius 1 is 1.22 bits per heavy atom. The molecule has 1 aliphatic heterocycles. The zero-order chi connectivity index (χ0) is 12.7. The van der Waals surface area contributed by atoms with Gasteiger partial charge in [0, 0.05) is 18.2 Å². The minimum atomic E-state index is 0.499. The number of nitrogen functional groups attached to an aromatic ring is 1. The highest BCUT2D eigenvalue weighted by molar-refractivity contribution is 6.32. The first kappa shape index (κ1) is 11.2. The van der Waals surface area contributed by atoms with E-state index in [0.717, 1.165) is 11.1 Å². The van der Waals surface area contributed by atoms with Crippen LogP contribution < -0.4 is 15.2 Å². The third kappa shape index (κ3) is 1.59. The first-order valence-electron chi connectivity index (χ1n) is 5.54. The molecule has 0 aliphatic carbocycles. The summed E-state index contributed by atoms with van der Waals surface area (Å²) in [5, 5.41) is 4.66. The van der Waals surface area contributed by atoms with Gasteiger partial charge in [0.15, 0.2) is 11.5 Å². The fraction of sp³-hybridized carbons (Fsp3) is 0.250. The topological polar surface area (TPSA) is 62.3 Å². The van der Waals surface area contributed by atoms with E-state index in [9.17, 15) is 0 Å². The molecule has 1 aliphatic rings. The SMILES string of the molecule is Cn1ncc(-c2ccc(Cl)c3c2OCCO3)c1N. The van der Waals surface area contributed by atoms with Crippen LogP contribution in [0.1, 0.15) is 0 Å². The van der Waals surface area contributed by atoms with Crippen LogP contribution in [-0.4, -0.2) is 23.0 Å². The number of hydrogen-bond acceptors (Lipinski definition) is 4. The summed E-state index contributed by atoms with van der Waals surface area (Å²) in [7, 11) is 1.79. The molecule has 94 valence electrons. The average molecular weight is 266 g/mol. The van der Waals surface area contributed by atoms with E-state index >= 15 is 0 Å². The number of hydrogen-bond donors (Lipinski definition) is 1. The molecule has 0 saturated carbocycles. The minimum Gasteiger partial charge on any atom is -0.485 e. The van der Waals surface area contributed by atoms with E-state index in [1.165, 1.54) is 0 Å². The van der Waals surface area contributed by atoms with Gasteiger partial charge in [-0.25, -0.2) is 0 Å². The maximum Gasteiger partial charge on any atom is 0.180 e. The van der Waals surface area contributed by atoms with Gasteiger partial charge in [0.05, 0.1) is 11.2 Å². The molecule has 5 nitrogen and oxygen atoms in total. The number of aryl methyl sites for hydroxylation is 1. The molecule has 2 aromatic rings. The lowest BCUT2D eigenvalue weighted by molar-refractivity contribution is 0.172. The standard InChI is InChI=1S/C12H12ClN3O2/c1-16-12(14)8(6-15-16)7-2-3-9(13)11-10(7)17-4-5-18-11/h2-3,6H,4-5,14H2,1H3. The monoisotopic (exact) mass is 265 g/mol. The van der Waals surface area contributed by atoms with Crippen molar-refractivity contribution in [1.29, 1.82) is 0 Å². The quantitative estimate of drug-likeness (QED) is 0.858. The lowest BCUT2D eigenvalue weighted by Gasteiger charge is -2.21. The number of ether oxygens (including phenoxy) is 2. The molecule has 0 unspecified atom stereocenters. The van der Waals surface area contributed by atoms with Crippen LogP contribution in [0.5, 0.6) is 11.5 Å². The number of benzene rings is 1. The molecule has 1 aromatic carbocycles. The smallest absolute Gasteiger partial charge is 0.180 e. The molecule has 2 N–H and O–H groups in total. The highest BCUT2D eigenvalue weighted by Crippen LogP contribution is 2.45. The highest BCUT2D eigenvalue weighted by atomic mass is 35.5. The van der Waals surface area contributed by atoms with Crippen LogP contribution in [0.4, 0.5) is 5.82 Å². The molecule has 3 rings (SSSR count). The van der Waals surface area contributed by atoms with Gasteiger partial charge in [0.25, 0.3) is 0 Å². The zero-order valence-corrected chi connectivity index (χ0v) is 10.6. The molecule has 18 heavy (non-hydrogen) atoms. The number of rotatable bonds is 1. The summed E-state index contributed by atoms with van der Waals surface area (Å²) in [6.45, 7) is 0.999. The molecule has 0 saturated heterocycles. The van der Waals surface area contributed by atoms with Crippen LogP contribution in [0.3, 0.4) is 0 Å². The fourth-order valence-electron chi connectivity index (χ4n) is 1.97. The van der Waals surface area contributed by atoms with Crippen molar-refractivity contribution in [3.8, 4) is 22.6 Å². The number of nitrogens with zero attached hydrogens (tertiary/aromatic N) is 2. The number of nitrogens with two attached hydrogens (primary N) is 1. The minimum absolute atomic E-state index is 0.499. The highest BCUT2D eigenvalue weighted by Gasteiger charge is 2.22. The van der Waals surface area contributed by atoms with E-state index in [1.807, 2.05) is 6.07 Å². The zero-order valence-electron chi connectivity index (χ0n) is 9.81. The summed E-state index contributed by atoms with van der Waals surface area (Å²) in [6, 6.07) is 3.64. The normalized spacial score (nSPS) is 13.7. The van der Waals surface area contributed by atoms with Crippen molar-refractivity contribution >= 4 is 17.4 Å². The number of aromatic nitrogens is 2. The molecule has 0 amide bonds. The van der Waals surface area contributed by atoms with Crippen molar-refractivity contribution in [2.75, 3.05) is 18.9 Å². The summed E-state index contributed by atoms with van der Waals surface area (Å²) in [4.78, 5) is 0. The van der Waals surface area contributed by atoms with E-state index in [4.69, 9.17) is 26.8 Å². The number of halogens is 1. The molecule has 2 heterocycles. The van der Waals surface area contributed by atoms with Crippen molar-refractivity contribution in [1.82, 2.24) is 9.78 Å². The average Bonchev–Trinajstić information content (AvgIpc) is 2.71. The summed E-state index contributed by atoms with van der Waals surface area (Å²) in [5.41, 5.74) is 7.64. The van der Waals surface area contributed by atoms with Crippen molar-refractivity contribution in [3.05, 3.63) is 23.4 Å². The molecule has 0 fully saturated rings. The summed E-state index contributed by atoms with van der Waals surface area (Å²) in [5.74, 6) is 1.78. The summed E-state index contributed by atoms with van der Waals surface area (Å²) in [6.07, 6.45) is 1.71. The van der Waals surface area contributed by atoms with Gasteiger partial charge >= 0.3 is 0 Å². The summed E-state index contributed by atoms with van der Waals surface area (Å²) >= 11 is 6.09. The Kier molecular flexibility index (Phi) is 2.56. The van der Waals surface area contributed by atoms with Gasteiger partial charge in [0.2, 0.25) is 0 Å². The predicted molar refractivity (Wildman–Crippen MR) is 69.1 cm³/mol. The Bertz CT molecular complexity index is 610. The Morgan fingerprint density at radius 3 is 2.61 bits per heavy atom. The molecule has 1 aromatic heterocycles. The molecule has 0 bridgehead atoms. The lowest BCUT2D eigenvalue weighted by atomic mass is 10.1. The molecule has 0 spiro atoms. The molecular formula is C12H12ClN3O2. The Balaban J connectivity index is 2.21.